The van der Waals surface area contributed by atoms with Crippen LogP contribution in [0.1, 0.15) is 49.6 Å². The normalized spacial score (nSPS) is 26.2. The quantitative estimate of drug-likeness (QED) is 0.873. The molecule has 1 aliphatic rings. The summed E-state index contributed by atoms with van der Waals surface area (Å²) in [6.07, 6.45) is 5.30. The largest absolute Gasteiger partial charge is 0.481 e. The fourth-order valence-corrected chi connectivity index (χ4v) is 4.34. The highest BCUT2D eigenvalue weighted by Crippen LogP contribution is 2.35. The first-order valence-electron chi connectivity index (χ1n) is 7.84. The van der Waals surface area contributed by atoms with E-state index in [-0.39, 0.29) is 12.0 Å². The molecule has 0 aromatic carbocycles. The minimum Gasteiger partial charge on any atom is -0.481 e. The van der Waals surface area contributed by atoms with Crippen LogP contribution in [0.15, 0.2) is 5.51 Å². The molecule has 1 heterocycles. The molecular weight excluding hydrogens is 284 g/mol. The van der Waals surface area contributed by atoms with Crippen LogP contribution in [0.5, 0.6) is 0 Å². The number of carboxylic acid groups (broad SMARTS) is 1. The topological polar surface area (TPSA) is 53.4 Å². The Morgan fingerprint density at radius 3 is 2.86 bits per heavy atom. The van der Waals surface area contributed by atoms with E-state index in [1.165, 1.54) is 17.7 Å². The minimum atomic E-state index is -0.636. The summed E-state index contributed by atoms with van der Waals surface area (Å²) in [7, 11) is 2.06. The van der Waals surface area contributed by atoms with E-state index < -0.39 is 5.97 Å². The molecule has 1 aliphatic carbocycles. The predicted octanol–water partition coefficient (Wildman–Crippen LogP) is 3.55. The van der Waals surface area contributed by atoms with Gasteiger partial charge in [0, 0.05) is 17.5 Å². The number of aryl methyl sites for hydroxylation is 1. The summed E-state index contributed by atoms with van der Waals surface area (Å²) in [5.74, 6) is -0.181. The number of aliphatic carboxylic acids is 1. The number of hydrogen-bond donors (Lipinski definition) is 1. The molecule has 1 aromatic rings. The van der Waals surface area contributed by atoms with Gasteiger partial charge < -0.3 is 5.11 Å². The van der Waals surface area contributed by atoms with Gasteiger partial charge in [-0.3, -0.25) is 9.69 Å². The second-order valence-electron chi connectivity index (χ2n) is 6.26. The van der Waals surface area contributed by atoms with Gasteiger partial charge in [0.25, 0.3) is 0 Å². The molecule has 21 heavy (non-hydrogen) atoms. The van der Waals surface area contributed by atoms with Gasteiger partial charge in [-0.2, -0.15) is 0 Å². The predicted molar refractivity (Wildman–Crippen MR) is 85.5 cm³/mol. The Morgan fingerprint density at radius 2 is 2.29 bits per heavy atom. The molecule has 0 bridgehead atoms. The molecule has 1 fully saturated rings. The maximum Gasteiger partial charge on any atom is 0.308 e. The number of carboxylic acids is 1. The maximum absolute atomic E-state index is 11.6. The number of aromatic nitrogens is 1. The number of thiazole rings is 1. The molecule has 3 unspecified atom stereocenters. The highest BCUT2D eigenvalue weighted by atomic mass is 32.1. The zero-order chi connectivity index (χ0) is 15.4. The Kier molecular flexibility index (Phi) is 5.76. The van der Waals surface area contributed by atoms with Crippen molar-refractivity contribution in [2.45, 2.75) is 58.5 Å². The van der Waals surface area contributed by atoms with Gasteiger partial charge in [0.15, 0.2) is 0 Å². The molecule has 4 nitrogen and oxygen atoms in total. The van der Waals surface area contributed by atoms with Crippen LogP contribution < -0.4 is 0 Å². The average Bonchev–Trinajstić information content (AvgIpc) is 2.84. The van der Waals surface area contributed by atoms with Crippen molar-refractivity contribution in [1.29, 1.82) is 0 Å². The molecule has 1 saturated carbocycles. The number of hydrogen-bond acceptors (Lipinski definition) is 4. The lowest BCUT2D eigenvalue weighted by atomic mass is 9.76. The van der Waals surface area contributed by atoms with Crippen LogP contribution in [-0.4, -0.2) is 34.0 Å². The summed E-state index contributed by atoms with van der Waals surface area (Å²) < 4.78 is 0. The standard InChI is InChI=1S/C16H26N2O2S/c1-4-5-12-6-7-13(16(19)20)14(8-12)18(3)9-15-11(2)17-10-21-15/h10,12-14H,4-9H2,1-3H3,(H,19,20). The van der Waals surface area contributed by atoms with Crippen LogP contribution in [-0.2, 0) is 11.3 Å². The van der Waals surface area contributed by atoms with E-state index in [0.717, 1.165) is 31.5 Å². The van der Waals surface area contributed by atoms with Crippen molar-refractivity contribution < 1.29 is 9.90 Å². The molecule has 5 heteroatoms. The van der Waals surface area contributed by atoms with Gasteiger partial charge >= 0.3 is 5.97 Å². The monoisotopic (exact) mass is 310 g/mol. The Morgan fingerprint density at radius 1 is 1.52 bits per heavy atom. The molecular formula is C16H26N2O2S. The van der Waals surface area contributed by atoms with Gasteiger partial charge in [-0.1, -0.05) is 19.8 Å². The SMILES string of the molecule is CCCC1CCC(C(=O)O)C(N(C)Cc2scnc2C)C1. The second kappa shape index (κ2) is 7.36. The lowest BCUT2D eigenvalue weighted by molar-refractivity contribution is -0.146. The minimum absolute atomic E-state index is 0.147. The smallest absolute Gasteiger partial charge is 0.308 e. The molecule has 0 amide bonds. The lowest BCUT2D eigenvalue weighted by Gasteiger charge is -2.39. The third-order valence-corrected chi connectivity index (χ3v) is 5.66. The second-order valence-corrected chi connectivity index (χ2v) is 7.20. The summed E-state index contributed by atoms with van der Waals surface area (Å²) in [5, 5.41) is 9.52. The Labute approximate surface area is 131 Å². The number of nitrogens with zero attached hydrogens (tertiary/aromatic N) is 2. The number of rotatable bonds is 6. The van der Waals surface area contributed by atoms with Crippen molar-refractivity contribution in [3.05, 3.63) is 16.1 Å². The Balaban J connectivity index is 2.07. The van der Waals surface area contributed by atoms with Gasteiger partial charge in [0.1, 0.15) is 0 Å². The van der Waals surface area contributed by atoms with Crippen molar-refractivity contribution in [2.75, 3.05) is 7.05 Å². The van der Waals surface area contributed by atoms with Gasteiger partial charge in [-0.25, -0.2) is 4.98 Å². The Hall–Kier alpha value is -0.940. The van der Waals surface area contributed by atoms with E-state index in [4.69, 9.17) is 0 Å². The van der Waals surface area contributed by atoms with E-state index in [2.05, 4.69) is 23.9 Å². The van der Waals surface area contributed by atoms with E-state index in [1.807, 2.05) is 12.4 Å². The van der Waals surface area contributed by atoms with Crippen LogP contribution in [0, 0.1) is 18.8 Å². The van der Waals surface area contributed by atoms with Crippen LogP contribution in [0.2, 0.25) is 0 Å². The summed E-state index contributed by atoms with van der Waals surface area (Å²) >= 11 is 1.66. The molecule has 118 valence electrons. The van der Waals surface area contributed by atoms with E-state index in [9.17, 15) is 9.90 Å². The molecule has 2 rings (SSSR count). The van der Waals surface area contributed by atoms with Crippen molar-refractivity contribution in [2.24, 2.45) is 11.8 Å². The fourth-order valence-electron chi connectivity index (χ4n) is 3.50. The molecule has 0 aliphatic heterocycles. The fraction of sp³-hybridized carbons (Fsp3) is 0.750. The van der Waals surface area contributed by atoms with Crippen LogP contribution in [0.4, 0.5) is 0 Å². The molecule has 1 aromatic heterocycles. The van der Waals surface area contributed by atoms with Gasteiger partial charge in [-0.05, 0) is 39.2 Å². The summed E-state index contributed by atoms with van der Waals surface area (Å²) in [4.78, 5) is 19.3. The zero-order valence-corrected chi connectivity index (χ0v) is 14.0. The lowest BCUT2D eigenvalue weighted by Crippen LogP contribution is -2.45. The first kappa shape index (κ1) is 16.4. The molecule has 0 saturated heterocycles. The third kappa shape index (κ3) is 4.04. The summed E-state index contributed by atoms with van der Waals surface area (Å²) in [6.45, 7) is 5.04. The maximum atomic E-state index is 11.6. The van der Waals surface area contributed by atoms with E-state index >= 15 is 0 Å². The molecule has 0 spiro atoms. The van der Waals surface area contributed by atoms with Crippen LogP contribution in [0.3, 0.4) is 0 Å². The average molecular weight is 310 g/mol. The van der Waals surface area contributed by atoms with Crippen molar-refractivity contribution >= 4 is 17.3 Å². The summed E-state index contributed by atoms with van der Waals surface area (Å²) in [5.41, 5.74) is 2.94. The number of carbonyl (C=O) groups is 1. The van der Waals surface area contributed by atoms with Gasteiger partial charge in [-0.15, -0.1) is 11.3 Å². The van der Waals surface area contributed by atoms with E-state index in [0.29, 0.717) is 5.92 Å². The van der Waals surface area contributed by atoms with Gasteiger partial charge in [0.05, 0.1) is 17.1 Å². The first-order chi connectivity index (χ1) is 10.0. The molecule has 0 radical (unpaired) electrons. The van der Waals surface area contributed by atoms with Gasteiger partial charge in [0.2, 0.25) is 0 Å². The van der Waals surface area contributed by atoms with Crippen LogP contribution >= 0.6 is 11.3 Å². The van der Waals surface area contributed by atoms with Crippen LogP contribution in [0.25, 0.3) is 0 Å². The Bertz CT molecular complexity index is 475. The van der Waals surface area contributed by atoms with E-state index in [1.54, 1.807) is 11.3 Å². The highest BCUT2D eigenvalue weighted by Gasteiger charge is 2.37. The van der Waals surface area contributed by atoms with Crippen molar-refractivity contribution in [3.8, 4) is 0 Å². The third-order valence-electron chi connectivity index (χ3n) is 4.74. The molecule has 1 N–H and O–H groups in total. The highest BCUT2D eigenvalue weighted by molar-refractivity contribution is 7.09. The first-order valence-corrected chi connectivity index (χ1v) is 8.72. The summed E-state index contributed by atoms with van der Waals surface area (Å²) in [6, 6.07) is 0.147. The molecule has 3 atom stereocenters. The van der Waals surface area contributed by atoms with Crippen molar-refractivity contribution in [1.82, 2.24) is 9.88 Å². The van der Waals surface area contributed by atoms with Crippen molar-refractivity contribution in [3.63, 3.8) is 0 Å². The zero-order valence-electron chi connectivity index (χ0n) is 13.2.